The Bertz CT molecular complexity index is 807. The molecule has 0 spiro atoms. The van der Waals surface area contributed by atoms with Crippen molar-refractivity contribution in [3.05, 3.63) is 59.7 Å². The van der Waals surface area contributed by atoms with Crippen LogP contribution < -0.4 is 10.2 Å². The Balaban J connectivity index is 1.93. The molecule has 3 rings (SSSR count). The highest BCUT2D eigenvalue weighted by molar-refractivity contribution is 5.90. The van der Waals surface area contributed by atoms with Gasteiger partial charge in [-0.1, -0.05) is 42.0 Å². The topological polar surface area (TPSA) is 41.1 Å². The molecule has 0 saturated heterocycles. The maximum absolute atomic E-state index is 4.78. The first-order valence-electron chi connectivity index (χ1n) is 8.52. The molecule has 124 valence electrons. The molecule has 24 heavy (non-hydrogen) atoms. The lowest BCUT2D eigenvalue weighted by Gasteiger charge is -2.20. The van der Waals surface area contributed by atoms with E-state index in [1.54, 1.807) is 0 Å². The summed E-state index contributed by atoms with van der Waals surface area (Å²) >= 11 is 0. The van der Waals surface area contributed by atoms with E-state index in [0.29, 0.717) is 0 Å². The molecule has 0 aliphatic rings. The summed E-state index contributed by atoms with van der Waals surface area (Å²) in [4.78, 5) is 11.7. The zero-order chi connectivity index (χ0) is 16.9. The molecule has 1 N–H and O–H groups in total. The van der Waals surface area contributed by atoms with Crippen LogP contribution in [0.4, 0.5) is 11.8 Å². The smallest absolute Gasteiger partial charge is 0.227 e. The van der Waals surface area contributed by atoms with Crippen LogP contribution in [0.3, 0.4) is 0 Å². The first-order valence-corrected chi connectivity index (χ1v) is 8.52. The molecular weight excluding hydrogens is 296 g/mol. The standard InChI is InChI=1S/C20H24N4/c1-4-24(5-2)20-22-18-9-7-6-8-17(18)19(23-20)21-14-16-12-10-15(3)11-13-16/h6-13H,4-5,14H2,1-3H3,(H,21,22,23). The van der Waals surface area contributed by atoms with Crippen LogP contribution in [0.5, 0.6) is 0 Å². The molecule has 3 aromatic rings. The van der Waals surface area contributed by atoms with Gasteiger partial charge < -0.3 is 10.2 Å². The van der Waals surface area contributed by atoms with Crippen LogP contribution in [0, 0.1) is 6.92 Å². The minimum atomic E-state index is 0.749. The van der Waals surface area contributed by atoms with E-state index < -0.39 is 0 Å². The van der Waals surface area contributed by atoms with Crippen LogP contribution in [-0.2, 0) is 6.54 Å². The predicted octanol–water partition coefficient (Wildman–Crippen LogP) is 4.40. The van der Waals surface area contributed by atoms with Crippen LogP contribution in [0.2, 0.25) is 0 Å². The van der Waals surface area contributed by atoms with Gasteiger partial charge in [-0.25, -0.2) is 4.98 Å². The van der Waals surface area contributed by atoms with E-state index in [0.717, 1.165) is 42.3 Å². The highest BCUT2D eigenvalue weighted by atomic mass is 15.3. The highest BCUT2D eigenvalue weighted by Gasteiger charge is 2.11. The molecule has 0 aliphatic heterocycles. The second-order valence-corrected chi connectivity index (χ2v) is 5.90. The summed E-state index contributed by atoms with van der Waals surface area (Å²) in [7, 11) is 0. The summed E-state index contributed by atoms with van der Waals surface area (Å²) in [5, 5.41) is 4.55. The van der Waals surface area contributed by atoms with Crippen LogP contribution in [-0.4, -0.2) is 23.1 Å². The zero-order valence-corrected chi connectivity index (χ0v) is 14.6. The van der Waals surface area contributed by atoms with E-state index in [1.807, 2.05) is 18.2 Å². The average Bonchev–Trinajstić information content (AvgIpc) is 2.62. The van der Waals surface area contributed by atoms with Gasteiger partial charge in [-0.05, 0) is 38.5 Å². The van der Waals surface area contributed by atoms with Gasteiger partial charge >= 0.3 is 0 Å². The van der Waals surface area contributed by atoms with Crippen molar-refractivity contribution in [2.75, 3.05) is 23.3 Å². The molecule has 0 unspecified atom stereocenters. The van der Waals surface area contributed by atoms with Crippen molar-refractivity contribution in [2.24, 2.45) is 0 Å². The Hall–Kier alpha value is -2.62. The Morgan fingerprint density at radius 3 is 2.33 bits per heavy atom. The molecule has 0 atom stereocenters. The number of nitrogens with one attached hydrogen (secondary N) is 1. The molecule has 2 aromatic carbocycles. The largest absolute Gasteiger partial charge is 0.365 e. The molecule has 1 heterocycles. The number of hydrogen-bond acceptors (Lipinski definition) is 4. The minimum absolute atomic E-state index is 0.749. The fraction of sp³-hybridized carbons (Fsp3) is 0.300. The van der Waals surface area contributed by atoms with Crippen LogP contribution >= 0.6 is 0 Å². The number of fused-ring (bicyclic) bond motifs is 1. The van der Waals surface area contributed by atoms with Gasteiger partial charge in [0, 0.05) is 25.0 Å². The molecular formula is C20H24N4. The number of benzene rings is 2. The predicted molar refractivity (Wildman–Crippen MR) is 102 cm³/mol. The van der Waals surface area contributed by atoms with Crippen molar-refractivity contribution in [1.29, 1.82) is 0 Å². The van der Waals surface area contributed by atoms with Crippen molar-refractivity contribution in [1.82, 2.24) is 9.97 Å². The maximum atomic E-state index is 4.78. The quantitative estimate of drug-likeness (QED) is 0.731. The third-order valence-corrected chi connectivity index (χ3v) is 4.22. The van der Waals surface area contributed by atoms with Crippen molar-refractivity contribution >= 4 is 22.7 Å². The summed E-state index contributed by atoms with van der Waals surface area (Å²) in [5.74, 6) is 1.67. The van der Waals surface area contributed by atoms with E-state index >= 15 is 0 Å². The third-order valence-electron chi connectivity index (χ3n) is 4.22. The number of aryl methyl sites for hydroxylation is 1. The fourth-order valence-corrected chi connectivity index (χ4v) is 2.74. The zero-order valence-electron chi connectivity index (χ0n) is 14.6. The van der Waals surface area contributed by atoms with Crippen molar-refractivity contribution in [3.63, 3.8) is 0 Å². The fourth-order valence-electron chi connectivity index (χ4n) is 2.74. The average molecular weight is 320 g/mol. The third kappa shape index (κ3) is 3.48. The number of hydrogen-bond donors (Lipinski definition) is 1. The molecule has 0 radical (unpaired) electrons. The van der Waals surface area contributed by atoms with Gasteiger partial charge in [0.15, 0.2) is 0 Å². The van der Waals surface area contributed by atoms with E-state index in [-0.39, 0.29) is 0 Å². The molecule has 4 heteroatoms. The van der Waals surface area contributed by atoms with E-state index in [9.17, 15) is 0 Å². The molecule has 0 fully saturated rings. The van der Waals surface area contributed by atoms with Crippen LogP contribution in [0.1, 0.15) is 25.0 Å². The summed E-state index contributed by atoms with van der Waals surface area (Å²) in [5.41, 5.74) is 3.49. The maximum Gasteiger partial charge on any atom is 0.227 e. The Kier molecular flexibility index (Phi) is 4.94. The lowest BCUT2D eigenvalue weighted by atomic mass is 10.1. The first kappa shape index (κ1) is 16.2. The molecule has 4 nitrogen and oxygen atoms in total. The lowest BCUT2D eigenvalue weighted by molar-refractivity contribution is 0.826. The molecule has 0 aliphatic carbocycles. The highest BCUT2D eigenvalue weighted by Crippen LogP contribution is 2.24. The Labute approximate surface area is 143 Å². The number of para-hydroxylation sites is 1. The summed E-state index contributed by atoms with van der Waals surface area (Å²) in [6.45, 7) is 8.89. The first-order chi connectivity index (χ1) is 11.7. The van der Waals surface area contributed by atoms with Gasteiger partial charge in [-0.3, -0.25) is 0 Å². The molecule has 1 aromatic heterocycles. The number of aromatic nitrogens is 2. The van der Waals surface area contributed by atoms with E-state index in [1.165, 1.54) is 11.1 Å². The lowest BCUT2D eigenvalue weighted by Crippen LogP contribution is -2.24. The van der Waals surface area contributed by atoms with Gasteiger partial charge in [0.2, 0.25) is 5.95 Å². The van der Waals surface area contributed by atoms with Crippen molar-refractivity contribution < 1.29 is 0 Å². The second kappa shape index (κ2) is 7.30. The van der Waals surface area contributed by atoms with Crippen molar-refractivity contribution in [3.8, 4) is 0 Å². The minimum Gasteiger partial charge on any atom is -0.365 e. The number of anilines is 2. The monoisotopic (exact) mass is 320 g/mol. The van der Waals surface area contributed by atoms with Gasteiger partial charge in [0.25, 0.3) is 0 Å². The normalized spacial score (nSPS) is 10.8. The molecule has 0 bridgehead atoms. The summed E-state index contributed by atoms with van der Waals surface area (Å²) < 4.78 is 0. The molecule has 0 saturated carbocycles. The van der Waals surface area contributed by atoms with E-state index in [4.69, 9.17) is 9.97 Å². The van der Waals surface area contributed by atoms with Crippen molar-refractivity contribution in [2.45, 2.75) is 27.3 Å². The summed E-state index contributed by atoms with van der Waals surface area (Å²) in [6, 6.07) is 16.7. The SMILES string of the molecule is CCN(CC)c1nc(NCc2ccc(C)cc2)c2ccccc2n1. The van der Waals surface area contributed by atoms with Gasteiger partial charge in [0.05, 0.1) is 5.52 Å². The summed E-state index contributed by atoms with van der Waals surface area (Å²) in [6.07, 6.45) is 0. The Morgan fingerprint density at radius 2 is 1.62 bits per heavy atom. The molecule has 0 amide bonds. The van der Waals surface area contributed by atoms with Crippen LogP contribution in [0.15, 0.2) is 48.5 Å². The van der Waals surface area contributed by atoms with Crippen LogP contribution in [0.25, 0.3) is 10.9 Å². The number of nitrogens with zero attached hydrogens (tertiary/aromatic N) is 3. The van der Waals surface area contributed by atoms with E-state index in [2.05, 4.69) is 61.3 Å². The number of rotatable bonds is 6. The van der Waals surface area contributed by atoms with Gasteiger partial charge in [-0.2, -0.15) is 4.98 Å². The van der Waals surface area contributed by atoms with Gasteiger partial charge in [-0.15, -0.1) is 0 Å². The van der Waals surface area contributed by atoms with Gasteiger partial charge in [0.1, 0.15) is 5.82 Å². The second-order valence-electron chi connectivity index (χ2n) is 5.90. The Morgan fingerprint density at radius 1 is 0.917 bits per heavy atom.